The molecule has 1 aliphatic heterocycles. The van der Waals surface area contributed by atoms with Gasteiger partial charge in [0.2, 0.25) is 5.79 Å². The van der Waals surface area contributed by atoms with Crippen molar-refractivity contribution in [3.05, 3.63) is 0 Å². The second-order valence-corrected chi connectivity index (χ2v) is 2.41. The van der Waals surface area contributed by atoms with Crippen molar-refractivity contribution in [2.24, 2.45) is 0 Å². The second-order valence-electron chi connectivity index (χ2n) is 2.41. The van der Waals surface area contributed by atoms with Gasteiger partial charge in [0, 0.05) is 0 Å². The van der Waals surface area contributed by atoms with E-state index < -0.39 is 18.0 Å². The number of hydrogen-bond acceptors (Lipinski definition) is 5. The number of rotatable bonds is 0. The zero-order valence-electron chi connectivity index (χ0n) is 5.27. The Kier molecular flexibility index (Phi) is 1.93. The Morgan fingerprint density at radius 1 is 1.30 bits per heavy atom. The summed E-state index contributed by atoms with van der Waals surface area (Å²) in [6, 6.07) is 0. The first kappa shape index (κ1) is 7.90. The zero-order chi connectivity index (χ0) is 7.78. The minimum absolute atomic E-state index is 0.0654. The van der Waals surface area contributed by atoms with Crippen LogP contribution < -0.4 is 0 Å². The van der Waals surface area contributed by atoms with Crippen molar-refractivity contribution in [3.63, 3.8) is 0 Å². The van der Waals surface area contributed by atoms with Crippen LogP contribution in [0.2, 0.25) is 0 Å². The van der Waals surface area contributed by atoms with E-state index in [9.17, 15) is 0 Å². The van der Waals surface area contributed by atoms with Crippen LogP contribution in [0.25, 0.3) is 0 Å². The summed E-state index contributed by atoms with van der Waals surface area (Å²) in [5.74, 6) is -2.31. The quantitative estimate of drug-likeness (QED) is 0.285. The average molecular weight is 150 g/mol. The zero-order valence-corrected chi connectivity index (χ0v) is 5.27. The molecule has 0 spiro atoms. The highest BCUT2D eigenvalue weighted by Gasteiger charge is 2.42. The summed E-state index contributed by atoms with van der Waals surface area (Å²) >= 11 is 0. The molecule has 1 fully saturated rings. The lowest BCUT2D eigenvalue weighted by Gasteiger charge is -2.34. The van der Waals surface area contributed by atoms with Gasteiger partial charge in [0.05, 0.1) is 6.61 Å². The molecule has 0 radical (unpaired) electrons. The van der Waals surface area contributed by atoms with E-state index in [-0.39, 0.29) is 13.2 Å². The van der Waals surface area contributed by atoms with Gasteiger partial charge in [0.15, 0.2) is 0 Å². The van der Waals surface area contributed by atoms with Gasteiger partial charge in [-0.3, -0.25) is 0 Å². The predicted octanol–water partition coefficient (Wildman–Crippen LogP) is -2.58. The molecule has 0 unspecified atom stereocenters. The van der Waals surface area contributed by atoms with Crippen LogP contribution in [0, 0.1) is 0 Å². The fraction of sp³-hybridized carbons (Fsp3) is 1.00. The van der Waals surface area contributed by atoms with Gasteiger partial charge in [-0.25, -0.2) is 0 Å². The van der Waals surface area contributed by atoms with Crippen molar-refractivity contribution in [1.82, 2.24) is 0 Å². The van der Waals surface area contributed by atoms with Crippen molar-refractivity contribution < 1.29 is 25.2 Å². The summed E-state index contributed by atoms with van der Waals surface area (Å²) < 4.78 is 4.56. The smallest absolute Gasteiger partial charge is 0.216 e. The average Bonchev–Trinajstić information content (AvgIpc) is 1.83. The molecule has 60 valence electrons. The Morgan fingerprint density at radius 2 is 1.90 bits per heavy atom. The van der Waals surface area contributed by atoms with Gasteiger partial charge < -0.3 is 25.2 Å². The van der Waals surface area contributed by atoms with Crippen molar-refractivity contribution >= 4 is 0 Å². The molecule has 0 aromatic rings. The summed E-state index contributed by atoms with van der Waals surface area (Å²) in [7, 11) is 0. The highest BCUT2D eigenvalue weighted by atomic mass is 16.6. The molecule has 4 N–H and O–H groups in total. The van der Waals surface area contributed by atoms with E-state index in [0.29, 0.717) is 0 Å². The van der Waals surface area contributed by atoms with Crippen LogP contribution in [-0.4, -0.2) is 51.6 Å². The third kappa shape index (κ3) is 1.28. The van der Waals surface area contributed by atoms with E-state index in [1.807, 2.05) is 0 Å². The van der Waals surface area contributed by atoms with E-state index in [4.69, 9.17) is 20.4 Å². The topological polar surface area (TPSA) is 90.2 Å². The van der Waals surface area contributed by atoms with E-state index >= 15 is 0 Å². The minimum Gasteiger partial charge on any atom is -0.388 e. The van der Waals surface area contributed by atoms with E-state index in [1.165, 1.54) is 0 Å². The van der Waals surface area contributed by atoms with E-state index in [2.05, 4.69) is 4.74 Å². The Bertz CT molecular complexity index is 123. The summed E-state index contributed by atoms with van der Waals surface area (Å²) in [6.07, 6.45) is -2.76. The van der Waals surface area contributed by atoms with Crippen LogP contribution in [0.4, 0.5) is 0 Å². The van der Waals surface area contributed by atoms with Crippen LogP contribution in [0.5, 0.6) is 0 Å². The lowest BCUT2D eigenvalue weighted by molar-refractivity contribution is -0.300. The normalized spacial score (nSPS) is 39.6. The fourth-order valence-corrected chi connectivity index (χ4v) is 0.815. The van der Waals surface area contributed by atoms with Gasteiger partial charge in [-0.05, 0) is 0 Å². The third-order valence-electron chi connectivity index (χ3n) is 1.44. The molecule has 0 aromatic heterocycles. The Labute approximate surface area is 57.5 Å². The maximum atomic E-state index is 8.88. The fourth-order valence-electron chi connectivity index (χ4n) is 0.815. The highest BCUT2D eigenvalue weighted by molar-refractivity contribution is 4.84. The number of hydrogen-bond donors (Lipinski definition) is 4. The van der Waals surface area contributed by atoms with E-state index in [1.54, 1.807) is 0 Å². The molecule has 5 heteroatoms. The van der Waals surface area contributed by atoms with Crippen LogP contribution >= 0.6 is 0 Å². The lowest BCUT2D eigenvalue weighted by Crippen LogP contribution is -2.57. The number of aliphatic hydroxyl groups excluding tert-OH is 2. The van der Waals surface area contributed by atoms with Crippen LogP contribution in [-0.2, 0) is 4.74 Å². The first-order valence-electron chi connectivity index (χ1n) is 2.92. The monoisotopic (exact) mass is 150 g/mol. The Morgan fingerprint density at radius 3 is 2.30 bits per heavy atom. The maximum Gasteiger partial charge on any atom is 0.216 e. The molecular weight excluding hydrogens is 140 g/mol. The largest absolute Gasteiger partial charge is 0.388 e. The molecule has 10 heavy (non-hydrogen) atoms. The van der Waals surface area contributed by atoms with Gasteiger partial charge in [0.25, 0.3) is 0 Å². The standard InChI is InChI=1S/C5H10O5/c6-3-1-10-2-5(8,9)4(3)7/h3-4,6-9H,1-2H2/t3-,4+/m1/s1. The molecule has 0 aromatic carbocycles. The first-order valence-corrected chi connectivity index (χ1v) is 2.92. The molecule has 0 amide bonds. The minimum atomic E-state index is -2.31. The summed E-state index contributed by atoms with van der Waals surface area (Å²) in [4.78, 5) is 0. The Hall–Kier alpha value is -0.200. The highest BCUT2D eigenvalue weighted by Crippen LogP contribution is 2.16. The van der Waals surface area contributed by atoms with Gasteiger partial charge in [0.1, 0.15) is 18.8 Å². The summed E-state index contributed by atoms with van der Waals surface area (Å²) in [6.45, 7) is -0.435. The summed E-state index contributed by atoms with van der Waals surface area (Å²) in [5, 5.41) is 35.4. The number of ether oxygens (including phenoxy) is 1. The molecule has 5 nitrogen and oxygen atoms in total. The molecule has 0 saturated carbocycles. The molecule has 1 saturated heterocycles. The third-order valence-corrected chi connectivity index (χ3v) is 1.44. The van der Waals surface area contributed by atoms with Gasteiger partial charge >= 0.3 is 0 Å². The van der Waals surface area contributed by atoms with Gasteiger partial charge in [-0.2, -0.15) is 0 Å². The van der Waals surface area contributed by atoms with Crippen LogP contribution in [0.1, 0.15) is 0 Å². The SMILES string of the molecule is O[C@@H]1COCC(O)(O)[C@H]1O. The van der Waals surface area contributed by atoms with Crippen molar-refractivity contribution in [1.29, 1.82) is 0 Å². The van der Waals surface area contributed by atoms with Crippen molar-refractivity contribution in [2.75, 3.05) is 13.2 Å². The molecular formula is C5H10O5. The van der Waals surface area contributed by atoms with Crippen LogP contribution in [0.3, 0.4) is 0 Å². The molecule has 0 aliphatic carbocycles. The van der Waals surface area contributed by atoms with Gasteiger partial charge in [-0.1, -0.05) is 0 Å². The maximum absolute atomic E-state index is 8.88. The Balaban J connectivity index is 2.60. The second kappa shape index (κ2) is 2.44. The molecule has 0 bridgehead atoms. The van der Waals surface area contributed by atoms with Crippen LogP contribution in [0.15, 0.2) is 0 Å². The molecule has 1 aliphatic rings. The van der Waals surface area contributed by atoms with E-state index in [0.717, 1.165) is 0 Å². The van der Waals surface area contributed by atoms with Crippen molar-refractivity contribution in [2.45, 2.75) is 18.0 Å². The number of aliphatic hydroxyl groups is 4. The lowest BCUT2D eigenvalue weighted by atomic mass is 10.0. The first-order chi connectivity index (χ1) is 4.54. The van der Waals surface area contributed by atoms with Crippen molar-refractivity contribution in [3.8, 4) is 0 Å². The predicted molar refractivity (Wildman–Crippen MR) is 30.0 cm³/mol. The summed E-state index contributed by atoms with van der Waals surface area (Å²) in [5.41, 5.74) is 0. The molecule has 1 rings (SSSR count). The molecule has 2 atom stereocenters. The van der Waals surface area contributed by atoms with Gasteiger partial charge in [-0.15, -0.1) is 0 Å². The molecule has 1 heterocycles.